The van der Waals surface area contributed by atoms with Gasteiger partial charge in [-0.2, -0.15) is 5.26 Å². The minimum atomic E-state index is 0.613. The van der Waals surface area contributed by atoms with E-state index in [4.69, 9.17) is 4.98 Å². The van der Waals surface area contributed by atoms with E-state index < -0.39 is 0 Å². The molecule has 1 fully saturated rings. The Kier molecular flexibility index (Phi) is 4.85. The summed E-state index contributed by atoms with van der Waals surface area (Å²) in [6, 6.07) is 11.6. The SMILES string of the molecule is Cc1nc(-c2ccccn2)nc(N2CCN(c3ncccc3C#N)CC2)c1C. The van der Waals surface area contributed by atoms with Crippen LogP contribution in [0.3, 0.4) is 0 Å². The lowest BCUT2D eigenvalue weighted by molar-refractivity contribution is 0.638. The fourth-order valence-electron chi connectivity index (χ4n) is 3.40. The van der Waals surface area contributed by atoms with Gasteiger partial charge in [0.25, 0.3) is 0 Å². The quantitative estimate of drug-likeness (QED) is 0.700. The number of nitrogens with zero attached hydrogens (tertiary/aromatic N) is 7. The third-order valence-electron chi connectivity index (χ3n) is 5.04. The number of rotatable bonds is 3. The Labute approximate surface area is 164 Å². The number of anilines is 2. The standard InChI is InChI=1S/C21H21N7/c1-15-16(2)25-19(18-7-3-4-8-23-18)26-20(15)27-10-12-28(13-11-27)21-17(14-22)6-5-9-24-21/h3-9H,10-13H2,1-2H3. The third-order valence-corrected chi connectivity index (χ3v) is 5.04. The zero-order chi connectivity index (χ0) is 19.5. The molecule has 0 aromatic carbocycles. The second kappa shape index (κ2) is 7.61. The molecule has 3 aromatic heterocycles. The molecule has 1 aliphatic rings. The lowest BCUT2D eigenvalue weighted by Gasteiger charge is -2.37. The van der Waals surface area contributed by atoms with Gasteiger partial charge in [0.05, 0.1) is 5.56 Å². The van der Waals surface area contributed by atoms with Crippen LogP contribution >= 0.6 is 0 Å². The Hall–Kier alpha value is -3.53. The van der Waals surface area contributed by atoms with E-state index in [2.05, 4.69) is 37.7 Å². The van der Waals surface area contributed by atoms with Crippen LogP contribution in [0.2, 0.25) is 0 Å². The van der Waals surface area contributed by atoms with E-state index in [9.17, 15) is 5.26 Å². The van der Waals surface area contributed by atoms with Crippen molar-refractivity contribution in [3.05, 3.63) is 59.5 Å². The molecule has 3 aromatic rings. The number of hydrogen-bond donors (Lipinski definition) is 0. The largest absolute Gasteiger partial charge is 0.353 e. The Bertz CT molecular complexity index is 1020. The summed E-state index contributed by atoms with van der Waals surface area (Å²) in [6.07, 6.45) is 3.49. The highest BCUT2D eigenvalue weighted by Crippen LogP contribution is 2.26. The van der Waals surface area contributed by atoms with Crippen molar-refractivity contribution in [2.75, 3.05) is 36.0 Å². The van der Waals surface area contributed by atoms with Crippen LogP contribution < -0.4 is 9.80 Å². The number of hydrogen-bond acceptors (Lipinski definition) is 7. The summed E-state index contributed by atoms with van der Waals surface area (Å²) in [5.74, 6) is 2.36. The summed E-state index contributed by atoms with van der Waals surface area (Å²) < 4.78 is 0. The van der Waals surface area contributed by atoms with Crippen molar-refractivity contribution in [1.82, 2.24) is 19.9 Å². The van der Waals surface area contributed by atoms with Crippen LogP contribution in [-0.4, -0.2) is 46.1 Å². The molecule has 4 heterocycles. The van der Waals surface area contributed by atoms with Gasteiger partial charge in [0, 0.05) is 49.8 Å². The van der Waals surface area contributed by atoms with Gasteiger partial charge in [-0.15, -0.1) is 0 Å². The van der Waals surface area contributed by atoms with Crippen molar-refractivity contribution in [1.29, 1.82) is 5.26 Å². The molecule has 7 nitrogen and oxygen atoms in total. The van der Waals surface area contributed by atoms with E-state index in [1.165, 1.54) is 0 Å². The molecule has 0 bridgehead atoms. The molecule has 0 spiro atoms. The fraction of sp³-hybridized carbons (Fsp3) is 0.286. The molecule has 0 N–H and O–H groups in total. The van der Waals surface area contributed by atoms with Crippen LogP contribution in [0.25, 0.3) is 11.5 Å². The number of nitriles is 1. The Morgan fingerprint density at radius 2 is 1.57 bits per heavy atom. The van der Waals surface area contributed by atoms with E-state index in [-0.39, 0.29) is 0 Å². The van der Waals surface area contributed by atoms with E-state index in [1.807, 2.05) is 31.2 Å². The summed E-state index contributed by atoms with van der Waals surface area (Å²) in [5, 5.41) is 9.33. The Morgan fingerprint density at radius 3 is 2.25 bits per heavy atom. The summed E-state index contributed by atoms with van der Waals surface area (Å²) in [7, 11) is 0. The smallest absolute Gasteiger partial charge is 0.180 e. The predicted octanol–water partition coefficient (Wildman–Crippen LogP) is 2.75. The number of piperazine rings is 1. The molecule has 1 aliphatic heterocycles. The number of aryl methyl sites for hydroxylation is 1. The molecule has 28 heavy (non-hydrogen) atoms. The topological polar surface area (TPSA) is 81.8 Å². The first kappa shape index (κ1) is 17.9. The molecular formula is C21H21N7. The first-order chi connectivity index (χ1) is 13.7. The molecule has 7 heteroatoms. The lowest BCUT2D eigenvalue weighted by Crippen LogP contribution is -2.47. The molecule has 0 atom stereocenters. The fourth-order valence-corrected chi connectivity index (χ4v) is 3.40. The molecule has 0 radical (unpaired) electrons. The number of pyridine rings is 2. The van der Waals surface area contributed by atoms with Gasteiger partial charge >= 0.3 is 0 Å². The highest BCUT2D eigenvalue weighted by molar-refractivity contribution is 5.59. The molecule has 140 valence electrons. The van der Waals surface area contributed by atoms with Gasteiger partial charge in [-0.05, 0) is 38.1 Å². The van der Waals surface area contributed by atoms with Crippen LogP contribution in [0.15, 0.2) is 42.7 Å². The van der Waals surface area contributed by atoms with E-state index >= 15 is 0 Å². The van der Waals surface area contributed by atoms with Gasteiger partial charge in [0.15, 0.2) is 5.82 Å². The van der Waals surface area contributed by atoms with Gasteiger partial charge < -0.3 is 9.80 Å². The monoisotopic (exact) mass is 371 g/mol. The number of aromatic nitrogens is 4. The van der Waals surface area contributed by atoms with Crippen LogP contribution in [0.4, 0.5) is 11.6 Å². The maximum Gasteiger partial charge on any atom is 0.180 e. The third kappa shape index (κ3) is 3.37. The Balaban J connectivity index is 1.58. The normalized spacial score (nSPS) is 14.0. The molecule has 0 amide bonds. The average molecular weight is 371 g/mol. The maximum atomic E-state index is 9.33. The average Bonchev–Trinajstić information content (AvgIpc) is 2.76. The van der Waals surface area contributed by atoms with Crippen LogP contribution in [-0.2, 0) is 0 Å². The van der Waals surface area contributed by atoms with E-state index in [1.54, 1.807) is 18.5 Å². The predicted molar refractivity (Wildman–Crippen MR) is 108 cm³/mol. The molecular weight excluding hydrogens is 350 g/mol. The highest BCUT2D eigenvalue weighted by atomic mass is 15.3. The Morgan fingerprint density at radius 1 is 0.857 bits per heavy atom. The van der Waals surface area contributed by atoms with Crippen molar-refractivity contribution in [2.24, 2.45) is 0 Å². The zero-order valence-electron chi connectivity index (χ0n) is 16.0. The summed E-state index contributed by atoms with van der Waals surface area (Å²) >= 11 is 0. The van der Waals surface area contributed by atoms with E-state index in [0.29, 0.717) is 11.4 Å². The first-order valence-corrected chi connectivity index (χ1v) is 9.29. The van der Waals surface area contributed by atoms with Gasteiger partial charge in [0.2, 0.25) is 0 Å². The molecule has 1 saturated heterocycles. The first-order valence-electron chi connectivity index (χ1n) is 9.29. The second-order valence-electron chi connectivity index (χ2n) is 6.76. The van der Waals surface area contributed by atoms with Gasteiger partial charge in [-0.1, -0.05) is 6.07 Å². The lowest BCUT2D eigenvalue weighted by atomic mass is 10.2. The highest BCUT2D eigenvalue weighted by Gasteiger charge is 2.23. The minimum absolute atomic E-state index is 0.613. The van der Waals surface area contributed by atoms with Crippen molar-refractivity contribution in [3.8, 4) is 17.6 Å². The van der Waals surface area contributed by atoms with Crippen molar-refractivity contribution in [2.45, 2.75) is 13.8 Å². The second-order valence-corrected chi connectivity index (χ2v) is 6.76. The van der Waals surface area contributed by atoms with Crippen molar-refractivity contribution < 1.29 is 0 Å². The van der Waals surface area contributed by atoms with Crippen molar-refractivity contribution in [3.63, 3.8) is 0 Å². The molecule has 4 rings (SSSR count). The van der Waals surface area contributed by atoms with Gasteiger partial charge in [-0.25, -0.2) is 15.0 Å². The van der Waals surface area contributed by atoms with Crippen LogP contribution in [0, 0.1) is 25.2 Å². The minimum Gasteiger partial charge on any atom is -0.353 e. The summed E-state index contributed by atoms with van der Waals surface area (Å²) in [4.78, 5) is 22.7. The summed E-state index contributed by atoms with van der Waals surface area (Å²) in [6.45, 7) is 7.25. The van der Waals surface area contributed by atoms with Crippen LogP contribution in [0.5, 0.6) is 0 Å². The van der Waals surface area contributed by atoms with Crippen molar-refractivity contribution >= 4 is 11.6 Å². The van der Waals surface area contributed by atoms with Gasteiger partial charge in [-0.3, -0.25) is 4.98 Å². The maximum absolute atomic E-state index is 9.33. The zero-order valence-corrected chi connectivity index (χ0v) is 16.0. The van der Waals surface area contributed by atoms with Gasteiger partial charge in [0.1, 0.15) is 23.4 Å². The van der Waals surface area contributed by atoms with Crippen LogP contribution in [0.1, 0.15) is 16.8 Å². The molecule has 0 aliphatic carbocycles. The molecule has 0 saturated carbocycles. The van der Waals surface area contributed by atoms with E-state index in [0.717, 1.165) is 54.8 Å². The summed E-state index contributed by atoms with van der Waals surface area (Å²) in [5.41, 5.74) is 3.44. The molecule has 0 unspecified atom stereocenters.